The molecule has 0 aliphatic heterocycles. The van der Waals surface area contributed by atoms with Gasteiger partial charge >= 0.3 is 0 Å². The summed E-state index contributed by atoms with van der Waals surface area (Å²) in [6.07, 6.45) is 2.13. The van der Waals surface area contributed by atoms with E-state index >= 15 is 0 Å². The van der Waals surface area contributed by atoms with Crippen LogP contribution in [0.4, 0.5) is 0 Å². The van der Waals surface area contributed by atoms with Gasteiger partial charge in [-0.25, -0.2) is 0 Å². The van der Waals surface area contributed by atoms with E-state index in [0.717, 1.165) is 12.8 Å². The molecule has 2 nitrogen and oxygen atoms in total. The van der Waals surface area contributed by atoms with E-state index in [4.69, 9.17) is 0 Å². The number of carbonyl (C=O) groups is 1. The second-order valence-corrected chi connectivity index (χ2v) is 4.45. The first-order chi connectivity index (χ1) is 7.24. The molecule has 0 fully saturated rings. The van der Waals surface area contributed by atoms with Crippen LogP contribution in [0, 0.1) is 0 Å². The van der Waals surface area contributed by atoms with Crippen LogP contribution >= 0.6 is 15.9 Å². The van der Waals surface area contributed by atoms with Crippen LogP contribution in [-0.2, 0) is 11.2 Å². The Kier molecular flexibility index (Phi) is 3.10. The minimum absolute atomic E-state index is 0.150. The highest BCUT2D eigenvalue weighted by Crippen LogP contribution is 2.34. The zero-order chi connectivity index (χ0) is 10.8. The van der Waals surface area contributed by atoms with E-state index in [9.17, 15) is 4.79 Å². The summed E-state index contributed by atoms with van der Waals surface area (Å²) < 4.78 is 0. The fraction of sp³-hybridized carbons (Fsp3) is 0.417. The van der Waals surface area contributed by atoms with Crippen LogP contribution in [-0.4, -0.2) is 23.2 Å². The lowest BCUT2D eigenvalue weighted by molar-refractivity contribution is -0.129. The average molecular weight is 268 g/mol. The normalized spacial score (nSPS) is 18.7. The highest BCUT2D eigenvalue weighted by molar-refractivity contribution is 9.09. The number of aryl methyl sites for hydroxylation is 1. The van der Waals surface area contributed by atoms with Gasteiger partial charge in [0, 0.05) is 7.05 Å². The maximum atomic E-state index is 11.6. The first-order valence-electron chi connectivity index (χ1n) is 5.13. The van der Waals surface area contributed by atoms with Crippen LogP contribution < -0.4 is 0 Å². The summed E-state index contributed by atoms with van der Waals surface area (Å²) in [7, 11) is 1.89. The third-order valence-corrected chi connectivity index (χ3v) is 3.56. The molecular weight excluding hydrogens is 254 g/mol. The molecule has 1 aromatic rings. The molecule has 1 aromatic carbocycles. The molecule has 15 heavy (non-hydrogen) atoms. The Morgan fingerprint density at radius 2 is 2.27 bits per heavy atom. The molecule has 1 unspecified atom stereocenters. The SMILES string of the molecule is CN(C(=O)CBr)C1CCc2ccccc21. The number of halogens is 1. The maximum absolute atomic E-state index is 11.6. The number of carbonyl (C=O) groups excluding carboxylic acids is 1. The van der Waals surface area contributed by atoms with Crippen molar-refractivity contribution in [3.8, 4) is 0 Å². The van der Waals surface area contributed by atoms with E-state index in [2.05, 4.69) is 34.1 Å². The van der Waals surface area contributed by atoms with Crippen molar-refractivity contribution in [2.24, 2.45) is 0 Å². The molecular formula is C12H14BrNO. The van der Waals surface area contributed by atoms with E-state index < -0.39 is 0 Å². The smallest absolute Gasteiger partial charge is 0.233 e. The highest BCUT2D eigenvalue weighted by Gasteiger charge is 2.27. The lowest BCUT2D eigenvalue weighted by Gasteiger charge is -2.24. The van der Waals surface area contributed by atoms with Gasteiger partial charge in [-0.1, -0.05) is 40.2 Å². The molecule has 0 aromatic heterocycles. The topological polar surface area (TPSA) is 20.3 Å². The molecule has 0 N–H and O–H groups in total. The van der Waals surface area contributed by atoms with E-state index in [-0.39, 0.29) is 11.9 Å². The molecule has 1 aliphatic carbocycles. The van der Waals surface area contributed by atoms with Crippen molar-refractivity contribution in [1.29, 1.82) is 0 Å². The van der Waals surface area contributed by atoms with Gasteiger partial charge in [-0.3, -0.25) is 4.79 Å². The van der Waals surface area contributed by atoms with E-state index in [1.165, 1.54) is 11.1 Å². The standard InChI is InChI=1S/C12H14BrNO/c1-14(12(15)8-13)11-7-6-9-4-2-3-5-10(9)11/h2-5,11H,6-8H2,1H3. The number of amides is 1. The van der Waals surface area contributed by atoms with Crippen molar-refractivity contribution >= 4 is 21.8 Å². The summed E-state index contributed by atoms with van der Waals surface area (Å²) in [5.74, 6) is 0.150. The summed E-state index contributed by atoms with van der Waals surface area (Å²) >= 11 is 3.21. The summed E-state index contributed by atoms with van der Waals surface area (Å²) in [6, 6.07) is 8.66. The summed E-state index contributed by atoms with van der Waals surface area (Å²) in [4.78, 5) is 13.4. The predicted molar refractivity (Wildman–Crippen MR) is 64.1 cm³/mol. The van der Waals surface area contributed by atoms with Crippen molar-refractivity contribution in [3.05, 3.63) is 35.4 Å². The second kappa shape index (κ2) is 4.35. The Balaban J connectivity index is 2.24. The average Bonchev–Trinajstić information content (AvgIpc) is 2.70. The van der Waals surface area contributed by atoms with Crippen molar-refractivity contribution in [1.82, 2.24) is 4.90 Å². The maximum Gasteiger partial charge on any atom is 0.233 e. The van der Waals surface area contributed by atoms with Gasteiger partial charge in [0.25, 0.3) is 0 Å². The molecule has 0 radical (unpaired) electrons. The Morgan fingerprint density at radius 1 is 1.53 bits per heavy atom. The number of fused-ring (bicyclic) bond motifs is 1. The summed E-state index contributed by atoms with van der Waals surface area (Å²) in [6.45, 7) is 0. The summed E-state index contributed by atoms with van der Waals surface area (Å²) in [5, 5.41) is 0.405. The van der Waals surface area contributed by atoms with Crippen molar-refractivity contribution in [3.63, 3.8) is 0 Å². The highest BCUT2D eigenvalue weighted by atomic mass is 79.9. The van der Waals surface area contributed by atoms with Crippen LogP contribution in [0.3, 0.4) is 0 Å². The minimum atomic E-state index is 0.150. The lowest BCUT2D eigenvalue weighted by Crippen LogP contribution is -2.30. The van der Waals surface area contributed by atoms with Gasteiger partial charge in [0.2, 0.25) is 5.91 Å². The molecule has 80 valence electrons. The fourth-order valence-corrected chi connectivity index (χ4v) is 2.60. The van der Waals surface area contributed by atoms with Crippen LogP contribution in [0.1, 0.15) is 23.6 Å². The predicted octanol–water partition coefficient (Wildman–Crippen LogP) is 2.53. The number of hydrogen-bond donors (Lipinski definition) is 0. The third kappa shape index (κ3) is 1.93. The van der Waals surface area contributed by atoms with Gasteiger partial charge in [0.05, 0.1) is 11.4 Å². The first kappa shape index (κ1) is 10.7. The van der Waals surface area contributed by atoms with Crippen LogP contribution in [0.25, 0.3) is 0 Å². The van der Waals surface area contributed by atoms with Crippen LogP contribution in [0.2, 0.25) is 0 Å². The van der Waals surface area contributed by atoms with Gasteiger partial charge in [0.1, 0.15) is 0 Å². The molecule has 0 spiro atoms. The fourth-order valence-electron chi connectivity index (χ4n) is 2.21. The number of hydrogen-bond acceptors (Lipinski definition) is 1. The Hall–Kier alpha value is -0.830. The van der Waals surface area contributed by atoms with Gasteiger partial charge in [-0.15, -0.1) is 0 Å². The zero-order valence-corrected chi connectivity index (χ0v) is 10.3. The molecule has 0 heterocycles. The number of alkyl halides is 1. The molecule has 0 bridgehead atoms. The quantitative estimate of drug-likeness (QED) is 0.755. The Morgan fingerprint density at radius 3 is 3.00 bits per heavy atom. The zero-order valence-electron chi connectivity index (χ0n) is 8.74. The molecule has 0 saturated carbocycles. The van der Waals surface area contributed by atoms with Crippen molar-refractivity contribution in [2.45, 2.75) is 18.9 Å². The van der Waals surface area contributed by atoms with Gasteiger partial charge in [0.15, 0.2) is 0 Å². The second-order valence-electron chi connectivity index (χ2n) is 3.89. The monoisotopic (exact) mass is 267 g/mol. The largest absolute Gasteiger partial charge is 0.338 e. The molecule has 2 rings (SSSR count). The van der Waals surface area contributed by atoms with Crippen LogP contribution in [0.15, 0.2) is 24.3 Å². The van der Waals surface area contributed by atoms with Crippen LogP contribution in [0.5, 0.6) is 0 Å². The molecule has 1 amide bonds. The number of nitrogens with zero attached hydrogens (tertiary/aromatic N) is 1. The number of benzene rings is 1. The molecule has 0 saturated heterocycles. The number of rotatable bonds is 2. The van der Waals surface area contributed by atoms with E-state index in [0.29, 0.717) is 5.33 Å². The minimum Gasteiger partial charge on any atom is -0.338 e. The first-order valence-corrected chi connectivity index (χ1v) is 6.25. The van der Waals surface area contributed by atoms with E-state index in [1.807, 2.05) is 18.0 Å². The molecule has 3 heteroatoms. The summed E-state index contributed by atoms with van der Waals surface area (Å²) in [5.41, 5.74) is 2.70. The lowest BCUT2D eigenvalue weighted by atomic mass is 10.1. The van der Waals surface area contributed by atoms with Gasteiger partial charge < -0.3 is 4.90 Å². The molecule has 1 aliphatic rings. The van der Waals surface area contributed by atoms with E-state index in [1.54, 1.807) is 0 Å². The Labute approximate surface area is 98.4 Å². The van der Waals surface area contributed by atoms with Crippen molar-refractivity contribution in [2.75, 3.05) is 12.4 Å². The Bertz CT molecular complexity index is 378. The van der Waals surface area contributed by atoms with Crippen molar-refractivity contribution < 1.29 is 4.79 Å². The van der Waals surface area contributed by atoms with Gasteiger partial charge in [-0.05, 0) is 24.0 Å². The third-order valence-electron chi connectivity index (χ3n) is 3.08. The van der Waals surface area contributed by atoms with Gasteiger partial charge in [-0.2, -0.15) is 0 Å². The molecule has 1 atom stereocenters.